The van der Waals surface area contributed by atoms with Gasteiger partial charge in [-0.2, -0.15) is 0 Å². The van der Waals surface area contributed by atoms with E-state index in [0.717, 1.165) is 5.56 Å². The van der Waals surface area contributed by atoms with Gasteiger partial charge in [0.15, 0.2) is 0 Å². The van der Waals surface area contributed by atoms with Crippen LogP contribution in [0.2, 0.25) is 0 Å². The molecule has 2 amide bonds. The molecule has 1 aliphatic rings. The Bertz CT molecular complexity index is 513. The van der Waals surface area contributed by atoms with Crippen LogP contribution in [0.3, 0.4) is 0 Å². The molecule has 106 valence electrons. The summed E-state index contributed by atoms with van der Waals surface area (Å²) in [5, 5.41) is 14.5. The van der Waals surface area contributed by atoms with E-state index in [0.29, 0.717) is 6.42 Å². The fourth-order valence-corrected chi connectivity index (χ4v) is 2.22. The number of amides is 2. The van der Waals surface area contributed by atoms with Gasteiger partial charge in [-0.1, -0.05) is 42.5 Å². The molecule has 2 rings (SSSR count). The summed E-state index contributed by atoms with van der Waals surface area (Å²) < 4.78 is 0. The highest BCUT2D eigenvalue weighted by atomic mass is 16.4. The predicted octanol–water partition coefficient (Wildman–Crippen LogP) is 2.08. The van der Waals surface area contributed by atoms with Crippen molar-refractivity contribution in [3.05, 3.63) is 48.0 Å². The molecule has 0 radical (unpaired) electrons. The van der Waals surface area contributed by atoms with Gasteiger partial charge in [0, 0.05) is 0 Å². The minimum Gasteiger partial charge on any atom is -0.481 e. The highest BCUT2D eigenvalue weighted by Gasteiger charge is 2.25. The maximum Gasteiger partial charge on any atom is 0.315 e. The van der Waals surface area contributed by atoms with E-state index in [-0.39, 0.29) is 18.1 Å². The van der Waals surface area contributed by atoms with E-state index >= 15 is 0 Å². The average molecular weight is 274 g/mol. The van der Waals surface area contributed by atoms with Gasteiger partial charge in [0.05, 0.1) is 18.0 Å². The Hall–Kier alpha value is -2.30. The van der Waals surface area contributed by atoms with Crippen molar-refractivity contribution in [3.63, 3.8) is 0 Å². The highest BCUT2D eigenvalue weighted by Crippen LogP contribution is 2.18. The number of carboxylic acid groups (broad SMARTS) is 1. The Balaban J connectivity index is 1.82. The molecule has 5 nitrogen and oxygen atoms in total. The summed E-state index contributed by atoms with van der Waals surface area (Å²) in [5.41, 5.74) is 1.02. The normalized spacial score (nSPS) is 22.2. The maximum atomic E-state index is 11.9. The topological polar surface area (TPSA) is 78.4 Å². The summed E-state index contributed by atoms with van der Waals surface area (Å²) in [7, 11) is 0. The van der Waals surface area contributed by atoms with Crippen LogP contribution in [0.4, 0.5) is 4.79 Å². The number of hydrogen-bond acceptors (Lipinski definition) is 2. The first-order valence-corrected chi connectivity index (χ1v) is 6.59. The lowest BCUT2D eigenvalue weighted by molar-refractivity contribution is -0.140. The van der Waals surface area contributed by atoms with Gasteiger partial charge in [0.2, 0.25) is 0 Å². The van der Waals surface area contributed by atoms with Crippen LogP contribution in [-0.4, -0.2) is 23.1 Å². The quantitative estimate of drug-likeness (QED) is 0.735. The van der Waals surface area contributed by atoms with E-state index in [1.165, 1.54) is 0 Å². The number of benzene rings is 1. The maximum absolute atomic E-state index is 11.9. The van der Waals surface area contributed by atoms with Crippen molar-refractivity contribution in [3.8, 4) is 0 Å². The lowest BCUT2D eigenvalue weighted by Gasteiger charge is -2.17. The molecule has 0 heterocycles. The number of carbonyl (C=O) groups is 2. The van der Waals surface area contributed by atoms with Crippen molar-refractivity contribution in [2.24, 2.45) is 5.92 Å². The molecule has 1 aliphatic carbocycles. The number of nitrogens with one attached hydrogen (secondary N) is 2. The van der Waals surface area contributed by atoms with Crippen molar-refractivity contribution in [2.75, 3.05) is 0 Å². The second kappa shape index (κ2) is 6.23. The number of carboxylic acids is 1. The summed E-state index contributed by atoms with van der Waals surface area (Å²) in [4.78, 5) is 22.7. The first-order chi connectivity index (χ1) is 9.56. The minimum absolute atomic E-state index is 0.100. The molecule has 5 heteroatoms. The van der Waals surface area contributed by atoms with E-state index in [9.17, 15) is 9.59 Å². The van der Waals surface area contributed by atoms with Crippen LogP contribution in [0, 0.1) is 5.92 Å². The molecule has 0 aliphatic heterocycles. The second-order valence-corrected chi connectivity index (χ2v) is 4.92. The molecule has 0 spiro atoms. The van der Waals surface area contributed by atoms with Gasteiger partial charge < -0.3 is 15.7 Å². The van der Waals surface area contributed by atoms with Crippen LogP contribution in [0.5, 0.6) is 0 Å². The zero-order chi connectivity index (χ0) is 14.5. The molecule has 0 saturated carbocycles. The molecule has 0 bridgehead atoms. The average Bonchev–Trinajstić information content (AvgIpc) is 2.88. The summed E-state index contributed by atoms with van der Waals surface area (Å²) >= 11 is 0. The molecule has 3 N–H and O–H groups in total. The van der Waals surface area contributed by atoms with Gasteiger partial charge in [-0.15, -0.1) is 0 Å². The van der Waals surface area contributed by atoms with Crippen LogP contribution in [0.15, 0.2) is 42.5 Å². The number of aliphatic carboxylic acids is 1. The Morgan fingerprint density at radius 1 is 1.25 bits per heavy atom. The molecule has 0 fully saturated rings. The molecule has 1 aromatic rings. The lowest BCUT2D eigenvalue weighted by atomic mass is 10.1. The molecule has 0 aromatic heterocycles. The first-order valence-electron chi connectivity index (χ1n) is 6.59. The van der Waals surface area contributed by atoms with Crippen molar-refractivity contribution < 1.29 is 14.7 Å². The Morgan fingerprint density at radius 2 is 1.95 bits per heavy atom. The third-order valence-corrected chi connectivity index (χ3v) is 3.36. The summed E-state index contributed by atoms with van der Waals surface area (Å²) in [5.74, 6) is -1.37. The van der Waals surface area contributed by atoms with Gasteiger partial charge in [0.25, 0.3) is 0 Å². The Morgan fingerprint density at radius 3 is 2.55 bits per heavy atom. The summed E-state index contributed by atoms with van der Waals surface area (Å²) in [6.07, 6.45) is 3.75. The van der Waals surface area contributed by atoms with Gasteiger partial charge >= 0.3 is 12.0 Å². The van der Waals surface area contributed by atoms with E-state index < -0.39 is 11.9 Å². The van der Waals surface area contributed by atoms with Crippen molar-refractivity contribution in [2.45, 2.75) is 25.4 Å². The Kier molecular flexibility index (Phi) is 4.40. The van der Waals surface area contributed by atoms with Gasteiger partial charge in [0.1, 0.15) is 0 Å². The molecule has 3 atom stereocenters. The largest absolute Gasteiger partial charge is 0.481 e. The molecular formula is C15H18N2O3. The van der Waals surface area contributed by atoms with Gasteiger partial charge in [-0.3, -0.25) is 4.79 Å². The van der Waals surface area contributed by atoms with Gasteiger partial charge in [-0.05, 0) is 18.9 Å². The monoisotopic (exact) mass is 274 g/mol. The fourth-order valence-electron chi connectivity index (χ4n) is 2.22. The molecule has 3 unspecified atom stereocenters. The van der Waals surface area contributed by atoms with E-state index in [2.05, 4.69) is 10.6 Å². The number of carbonyl (C=O) groups excluding carboxylic acids is 1. The molecule has 20 heavy (non-hydrogen) atoms. The third kappa shape index (κ3) is 3.60. The fraction of sp³-hybridized carbons (Fsp3) is 0.333. The van der Waals surface area contributed by atoms with Gasteiger partial charge in [-0.25, -0.2) is 4.79 Å². The van der Waals surface area contributed by atoms with Crippen molar-refractivity contribution in [1.82, 2.24) is 10.6 Å². The Labute approximate surface area is 117 Å². The standard InChI is InChI=1S/C15H18N2O3/c1-10(11-5-3-2-4-6-11)16-15(20)17-13-8-7-12(9-13)14(18)19/h2-8,10,12-13H,9H2,1H3,(H,18,19)(H2,16,17,20). The first kappa shape index (κ1) is 14.1. The summed E-state index contributed by atoms with van der Waals surface area (Å²) in [6.45, 7) is 1.90. The predicted molar refractivity (Wildman–Crippen MR) is 75.2 cm³/mol. The lowest BCUT2D eigenvalue weighted by Crippen LogP contribution is -2.42. The number of hydrogen-bond donors (Lipinski definition) is 3. The smallest absolute Gasteiger partial charge is 0.315 e. The SMILES string of the molecule is CC(NC(=O)NC1C=CC(C(=O)O)C1)c1ccccc1. The number of rotatable bonds is 4. The zero-order valence-corrected chi connectivity index (χ0v) is 11.2. The van der Waals surface area contributed by atoms with Crippen LogP contribution < -0.4 is 10.6 Å². The van der Waals surface area contributed by atoms with Crippen molar-refractivity contribution >= 4 is 12.0 Å². The summed E-state index contributed by atoms with van der Waals surface area (Å²) in [6, 6.07) is 9.04. The zero-order valence-electron chi connectivity index (χ0n) is 11.2. The highest BCUT2D eigenvalue weighted by molar-refractivity contribution is 5.76. The van der Waals surface area contributed by atoms with E-state index in [1.54, 1.807) is 12.2 Å². The second-order valence-electron chi connectivity index (χ2n) is 4.92. The van der Waals surface area contributed by atoms with Crippen LogP contribution in [0.1, 0.15) is 24.9 Å². The van der Waals surface area contributed by atoms with Crippen LogP contribution in [-0.2, 0) is 4.79 Å². The molecule has 0 saturated heterocycles. The third-order valence-electron chi connectivity index (χ3n) is 3.36. The van der Waals surface area contributed by atoms with Crippen LogP contribution >= 0.6 is 0 Å². The van der Waals surface area contributed by atoms with E-state index in [1.807, 2.05) is 37.3 Å². The molecular weight excluding hydrogens is 256 g/mol. The minimum atomic E-state index is -0.858. The van der Waals surface area contributed by atoms with E-state index in [4.69, 9.17) is 5.11 Å². The number of urea groups is 1. The molecule has 1 aromatic carbocycles. The van der Waals surface area contributed by atoms with Crippen molar-refractivity contribution in [1.29, 1.82) is 0 Å². The van der Waals surface area contributed by atoms with Crippen LogP contribution in [0.25, 0.3) is 0 Å².